The lowest BCUT2D eigenvalue weighted by atomic mass is 9.98. The third-order valence-electron chi connectivity index (χ3n) is 4.15. The van der Waals surface area contributed by atoms with Gasteiger partial charge < -0.3 is 14.6 Å². The van der Waals surface area contributed by atoms with E-state index in [4.69, 9.17) is 4.74 Å². The number of ether oxygens (including phenoxy) is 1. The van der Waals surface area contributed by atoms with Crippen LogP contribution in [0.3, 0.4) is 0 Å². The van der Waals surface area contributed by atoms with Crippen molar-refractivity contribution in [2.24, 2.45) is 0 Å². The first kappa shape index (κ1) is 20.5. The minimum Gasteiger partial charge on any atom is -0.385 e. The summed E-state index contributed by atoms with van der Waals surface area (Å²) in [7, 11) is 1.69. The fraction of sp³-hybridized carbons (Fsp3) is 0.526. The van der Waals surface area contributed by atoms with Crippen LogP contribution in [-0.4, -0.2) is 39.6 Å². The number of benzene rings is 1. The maximum atomic E-state index is 12.7. The topological polar surface area (TPSA) is 69.0 Å². The predicted octanol–water partition coefficient (Wildman–Crippen LogP) is 3.87. The molecule has 1 N–H and O–H groups in total. The second kappa shape index (κ2) is 9.73. The molecular weight excluding hydrogens is 348 g/mol. The number of para-hydroxylation sites is 1. The fourth-order valence-corrected chi connectivity index (χ4v) is 3.50. The lowest BCUT2D eigenvalue weighted by Crippen LogP contribution is -2.24. The number of amides is 1. The summed E-state index contributed by atoms with van der Waals surface area (Å²) in [6, 6.07) is 6.12. The molecule has 7 heteroatoms. The molecule has 0 saturated carbocycles. The Labute approximate surface area is 159 Å². The zero-order valence-electron chi connectivity index (χ0n) is 16.2. The lowest BCUT2D eigenvalue weighted by molar-refractivity contribution is -0.115. The average Bonchev–Trinajstić information content (AvgIpc) is 3.03. The number of nitrogens with one attached hydrogen (secondary N) is 1. The molecule has 0 fully saturated rings. The number of aromatic nitrogens is 3. The molecule has 1 amide bonds. The van der Waals surface area contributed by atoms with Gasteiger partial charge >= 0.3 is 0 Å². The van der Waals surface area contributed by atoms with Gasteiger partial charge in [0.2, 0.25) is 5.91 Å². The van der Waals surface area contributed by atoms with Gasteiger partial charge in [0.15, 0.2) is 5.16 Å². The summed E-state index contributed by atoms with van der Waals surface area (Å²) in [6.45, 7) is 9.62. The van der Waals surface area contributed by atoms with E-state index in [1.54, 1.807) is 13.4 Å². The van der Waals surface area contributed by atoms with Gasteiger partial charge in [-0.2, -0.15) is 0 Å². The summed E-state index contributed by atoms with van der Waals surface area (Å²) in [5.74, 6) is 0.315. The standard InChI is InChI=1S/C19H28N4O2S/c1-13(2)16-9-6-8-14(3)17(16)21-18(24)15(4)26-19-22-20-12-23(19)10-7-11-25-5/h6,8-9,12-13,15H,7,10-11H2,1-5H3,(H,21,24). The third kappa shape index (κ3) is 5.32. The van der Waals surface area contributed by atoms with Crippen molar-refractivity contribution in [3.05, 3.63) is 35.7 Å². The van der Waals surface area contributed by atoms with Gasteiger partial charge in [0.25, 0.3) is 0 Å². The number of hydrogen-bond donors (Lipinski definition) is 1. The Morgan fingerprint density at radius 1 is 1.35 bits per heavy atom. The Balaban J connectivity index is 2.04. The highest BCUT2D eigenvalue weighted by Crippen LogP contribution is 2.29. The van der Waals surface area contributed by atoms with E-state index in [-0.39, 0.29) is 11.2 Å². The van der Waals surface area contributed by atoms with E-state index in [9.17, 15) is 4.79 Å². The number of aryl methyl sites for hydroxylation is 2. The number of rotatable bonds is 9. The molecule has 142 valence electrons. The zero-order chi connectivity index (χ0) is 19.1. The maximum absolute atomic E-state index is 12.7. The van der Waals surface area contributed by atoms with Crippen LogP contribution in [0.25, 0.3) is 0 Å². The second-order valence-corrected chi connectivity index (χ2v) is 7.90. The van der Waals surface area contributed by atoms with Gasteiger partial charge in [0.1, 0.15) is 6.33 Å². The van der Waals surface area contributed by atoms with Crippen molar-refractivity contribution in [3.63, 3.8) is 0 Å². The van der Waals surface area contributed by atoms with Crippen LogP contribution in [0, 0.1) is 6.92 Å². The molecule has 0 aliphatic rings. The molecule has 0 spiro atoms. The van der Waals surface area contributed by atoms with Crippen molar-refractivity contribution in [1.82, 2.24) is 14.8 Å². The van der Waals surface area contributed by atoms with Gasteiger partial charge in [-0.3, -0.25) is 4.79 Å². The molecule has 0 saturated heterocycles. The SMILES string of the molecule is COCCCn1cnnc1SC(C)C(=O)Nc1c(C)cccc1C(C)C. The number of hydrogen-bond acceptors (Lipinski definition) is 5. The Kier molecular flexibility index (Phi) is 7.66. The number of nitrogens with zero attached hydrogens (tertiary/aromatic N) is 3. The summed E-state index contributed by atoms with van der Waals surface area (Å²) in [5, 5.41) is 11.7. The predicted molar refractivity (Wildman–Crippen MR) is 106 cm³/mol. The minimum atomic E-state index is -0.278. The van der Waals surface area contributed by atoms with E-state index < -0.39 is 0 Å². The van der Waals surface area contributed by atoms with E-state index in [1.165, 1.54) is 11.8 Å². The van der Waals surface area contributed by atoms with Gasteiger partial charge in [-0.15, -0.1) is 10.2 Å². The van der Waals surface area contributed by atoms with E-state index in [2.05, 4.69) is 35.4 Å². The third-order valence-corrected chi connectivity index (χ3v) is 5.25. The lowest BCUT2D eigenvalue weighted by Gasteiger charge is -2.18. The van der Waals surface area contributed by atoms with Crippen LogP contribution in [0.5, 0.6) is 0 Å². The largest absolute Gasteiger partial charge is 0.385 e. The normalized spacial score (nSPS) is 12.4. The van der Waals surface area contributed by atoms with Crippen LogP contribution in [-0.2, 0) is 16.1 Å². The summed E-state index contributed by atoms with van der Waals surface area (Å²) >= 11 is 1.42. The number of thioether (sulfide) groups is 1. The molecule has 1 heterocycles. The Hall–Kier alpha value is -1.86. The monoisotopic (exact) mass is 376 g/mol. The van der Waals surface area contributed by atoms with Crippen LogP contribution in [0.1, 0.15) is 44.2 Å². The van der Waals surface area contributed by atoms with Crippen LogP contribution < -0.4 is 5.32 Å². The van der Waals surface area contributed by atoms with Gasteiger partial charge in [0, 0.05) is 25.9 Å². The Morgan fingerprint density at radius 2 is 2.12 bits per heavy atom. The quantitative estimate of drug-likeness (QED) is 0.531. The van der Waals surface area contributed by atoms with Gasteiger partial charge in [0.05, 0.1) is 5.25 Å². The Bertz CT molecular complexity index is 730. The molecule has 0 bridgehead atoms. The van der Waals surface area contributed by atoms with E-state index in [0.29, 0.717) is 12.5 Å². The molecule has 1 aromatic heterocycles. The average molecular weight is 377 g/mol. The molecule has 0 aliphatic carbocycles. The zero-order valence-corrected chi connectivity index (χ0v) is 17.0. The molecular formula is C19H28N4O2S. The first-order valence-corrected chi connectivity index (χ1v) is 9.75. The van der Waals surface area contributed by atoms with Crippen molar-refractivity contribution in [2.75, 3.05) is 19.0 Å². The highest BCUT2D eigenvalue weighted by Gasteiger charge is 2.20. The summed E-state index contributed by atoms with van der Waals surface area (Å²) < 4.78 is 7.04. The Morgan fingerprint density at radius 3 is 2.81 bits per heavy atom. The van der Waals surface area contributed by atoms with Crippen LogP contribution in [0.2, 0.25) is 0 Å². The fourth-order valence-electron chi connectivity index (χ4n) is 2.65. The molecule has 1 aromatic carbocycles. The van der Waals surface area contributed by atoms with Crippen molar-refractivity contribution in [1.29, 1.82) is 0 Å². The van der Waals surface area contributed by atoms with Gasteiger partial charge in [-0.25, -0.2) is 0 Å². The van der Waals surface area contributed by atoms with Crippen molar-refractivity contribution in [2.45, 2.75) is 57.0 Å². The van der Waals surface area contributed by atoms with Crippen LogP contribution in [0.15, 0.2) is 29.7 Å². The highest BCUT2D eigenvalue weighted by atomic mass is 32.2. The molecule has 6 nitrogen and oxygen atoms in total. The van der Waals surface area contributed by atoms with E-state index in [0.717, 1.165) is 34.9 Å². The summed E-state index contributed by atoms with van der Waals surface area (Å²) in [5.41, 5.74) is 3.14. The van der Waals surface area contributed by atoms with Crippen molar-refractivity contribution >= 4 is 23.4 Å². The summed E-state index contributed by atoms with van der Waals surface area (Å²) in [4.78, 5) is 12.7. The highest BCUT2D eigenvalue weighted by molar-refractivity contribution is 8.00. The second-order valence-electron chi connectivity index (χ2n) is 6.60. The molecule has 0 radical (unpaired) electrons. The number of carbonyl (C=O) groups is 1. The number of methoxy groups -OCH3 is 1. The van der Waals surface area contributed by atoms with E-state index in [1.807, 2.05) is 30.5 Å². The molecule has 26 heavy (non-hydrogen) atoms. The first-order chi connectivity index (χ1) is 12.4. The maximum Gasteiger partial charge on any atom is 0.237 e. The molecule has 1 atom stereocenters. The minimum absolute atomic E-state index is 0.0300. The smallest absolute Gasteiger partial charge is 0.237 e. The molecule has 2 rings (SSSR count). The van der Waals surface area contributed by atoms with Crippen molar-refractivity contribution in [3.8, 4) is 0 Å². The first-order valence-electron chi connectivity index (χ1n) is 8.87. The molecule has 2 aromatic rings. The van der Waals surface area contributed by atoms with Crippen LogP contribution >= 0.6 is 11.8 Å². The van der Waals surface area contributed by atoms with Crippen LogP contribution in [0.4, 0.5) is 5.69 Å². The van der Waals surface area contributed by atoms with Crippen molar-refractivity contribution < 1.29 is 9.53 Å². The van der Waals surface area contributed by atoms with E-state index >= 15 is 0 Å². The molecule has 1 unspecified atom stereocenters. The molecule has 0 aliphatic heterocycles. The summed E-state index contributed by atoms with van der Waals surface area (Å²) in [6.07, 6.45) is 2.57. The number of anilines is 1. The number of carbonyl (C=O) groups excluding carboxylic acids is 1. The van der Waals surface area contributed by atoms with Gasteiger partial charge in [-0.05, 0) is 37.3 Å². The van der Waals surface area contributed by atoms with Gasteiger partial charge in [-0.1, -0.05) is 43.8 Å².